The molecule has 1 heterocycles. The lowest BCUT2D eigenvalue weighted by Gasteiger charge is -2.26. The highest BCUT2D eigenvalue weighted by atomic mass is 15.2. The summed E-state index contributed by atoms with van der Waals surface area (Å²) in [6.07, 6.45) is 9.96. The zero-order chi connectivity index (χ0) is 11.2. The van der Waals surface area contributed by atoms with Crippen molar-refractivity contribution in [1.29, 1.82) is 0 Å². The highest BCUT2D eigenvalue weighted by Crippen LogP contribution is 2.37. The average Bonchev–Trinajstić information content (AvgIpc) is 2.90. The van der Waals surface area contributed by atoms with Gasteiger partial charge in [0.1, 0.15) is 0 Å². The molecule has 1 saturated heterocycles. The minimum absolute atomic E-state index is 0.975. The van der Waals surface area contributed by atoms with E-state index in [2.05, 4.69) is 17.1 Å². The molecule has 0 radical (unpaired) electrons. The van der Waals surface area contributed by atoms with Crippen LogP contribution in [0.3, 0.4) is 0 Å². The van der Waals surface area contributed by atoms with Crippen molar-refractivity contribution < 1.29 is 0 Å². The van der Waals surface area contributed by atoms with Gasteiger partial charge in [-0.05, 0) is 64.1 Å². The Kier molecular flexibility index (Phi) is 5.11. The lowest BCUT2D eigenvalue weighted by atomic mass is 10.1. The Morgan fingerprint density at radius 2 is 2.06 bits per heavy atom. The van der Waals surface area contributed by atoms with Crippen molar-refractivity contribution in [1.82, 2.24) is 10.2 Å². The van der Waals surface area contributed by atoms with E-state index in [0.29, 0.717) is 0 Å². The van der Waals surface area contributed by atoms with Gasteiger partial charge in [0.25, 0.3) is 0 Å². The van der Waals surface area contributed by atoms with Gasteiger partial charge in [0, 0.05) is 12.6 Å². The molecule has 0 amide bonds. The van der Waals surface area contributed by atoms with Crippen LogP contribution in [0.2, 0.25) is 0 Å². The number of likely N-dealkylation sites (tertiary alicyclic amines) is 1. The van der Waals surface area contributed by atoms with Gasteiger partial charge >= 0.3 is 0 Å². The molecule has 0 aromatic carbocycles. The van der Waals surface area contributed by atoms with E-state index in [1.54, 1.807) is 0 Å². The number of hydrogen-bond donors (Lipinski definition) is 1. The Morgan fingerprint density at radius 3 is 2.75 bits per heavy atom. The second kappa shape index (κ2) is 6.61. The molecular formula is C14H28N2. The predicted octanol–water partition coefficient (Wildman–Crippen LogP) is 2.64. The van der Waals surface area contributed by atoms with Gasteiger partial charge in [-0.15, -0.1) is 0 Å². The first-order valence-corrected chi connectivity index (χ1v) is 7.35. The fraction of sp³-hybridized carbons (Fsp3) is 1.00. The van der Waals surface area contributed by atoms with Gasteiger partial charge in [-0.25, -0.2) is 0 Å². The van der Waals surface area contributed by atoms with Crippen LogP contribution in [-0.4, -0.2) is 37.1 Å². The van der Waals surface area contributed by atoms with Gasteiger partial charge in [-0.3, -0.25) is 0 Å². The smallest absolute Gasteiger partial charge is 0.00985 e. The Morgan fingerprint density at radius 1 is 1.12 bits per heavy atom. The number of unbranched alkanes of at least 4 members (excludes halogenated alkanes) is 2. The lowest BCUT2D eigenvalue weighted by molar-refractivity contribution is 0.209. The predicted molar refractivity (Wildman–Crippen MR) is 69.7 cm³/mol. The van der Waals surface area contributed by atoms with E-state index in [9.17, 15) is 0 Å². The van der Waals surface area contributed by atoms with Crippen LogP contribution in [0.15, 0.2) is 0 Å². The van der Waals surface area contributed by atoms with Crippen molar-refractivity contribution in [3.8, 4) is 0 Å². The molecule has 1 aliphatic carbocycles. The zero-order valence-electron chi connectivity index (χ0n) is 10.9. The number of nitrogens with one attached hydrogen (secondary N) is 1. The summed E-state index contributed by atoms with van der Waals surface area (Å²) in [5, 5.41) is 3.48. The first-order valence-electron chi connectivity index (χ1n) is 7.35. The maximum absolute atomic E-state index is 3.48. The molecule has 2 rings (SSSR count). The summed E-state index contributed by atoms with van der Waals surface area (Å²) in [7, 11) is 0. The summed E-state index contributed by atoms with van der Waals surface area (Å²) in [6, 6.07) is 0.975. The molecule has 2 aliphatic rings. The third-order valence-corrected chi connectivity index (χ3v) is 4.25. The van der Waals surface area contributed by atoms with Gasteiger partial charge in [0.15, 0.2) is 0 Å². The fourth-order valence-corrected chi connectivity index (χ4v) is 3.34. The maximum Gasteiger partial charge on any atom is 0.00985 e. The zero-order valence-corrected chi connectivity index (χ0v) is 10.9. The molecule has 1 N–H and O–H groups in total. The molecule has 2 unspecified atom stereocenters. The van der Waals surface area contributed by atoms with E-state index in [4.69, 9.17) is 0 Å². The van der Waals surface area contributed by atoms with Crippen LogP contribution in [0.4, 0.5) is 0 Å². The number of rotatable bonds is 8. The van der Waals surface area contributed by atoms with E-state index in [-0.39, 0.29) is 0 Å². The molecule has 2 atom stereocenters. The topological polar surface area (TPSA) is 15.3 Å². The summed E-state index contributed by atoms with van der Waals surface area (Å²) in [6.45, 7) is 7.43. The number of hydrogen-bond acceptors (Lipinski definition) is 2. The molecule has 0 spiro atoms. The third-order valence-electron chi connectivity index (χ3n) is 4.25. The fourth-order valence-electron chi connectivity index (χ4n) is 3.34. The molecule has 2 fully saturated rings. The molecule has 2 bridgehead atoms. The molecular weight excluding hydrogens is 196 g/mol. The summed E-state index contributed by atoms with van der Waals surface area (Å²) in [5.74, 6) is 1.07. The second-order valence-corrected chi connectivity index (χ2v) is 5.64. The minimum atomic E-state index is 0.975. The van der Waals surface area contributed by atoms with E-state index in [0.717, 1.165) is 12.0 Å². The van der Waals surface area contributed by atoms with E-state index >= 15 is 0 Å². The summed E-state index contributed by atoms with van der Waals surface area (Å²) < 4.78 is 0. The van der Waals surface area contributed by atoms with Crippen molar-refractivity contribution >= 4 is 0 Å². The molecule has 16 heavy (non-hydrogen) atoms. The van der Waals surface area contributed by atoms with Crippen molar-refractivity contribution in [2.24, 2.45) is 5.92 Å². The van der Waals surface area contributed by atoms with Crippen LogP contribution < -0.4 is 5.32 Å². The summed E-state index contributed by atoms with van der Waals surface area (Å²) >= 11 is 0. The third kappa shape index (κ3) is 3.46. The van der Waals surface area contributed by atoms with Crippen molar-refractivity contribution in [2.75, 3.05) is 26.2 Å². The quantitative estimate of drug-likeness (QED) is 0.638. The minimum Gasteiger partial charge on any atom is -0.317 e. The van der Waals surface area contributed by atoms with Crippen LogP contribution >= 0.6 is 0 Å². The van der Waals surface area contributed by atoms with Crippen molar-refractivity contribution in [3.05, 3.63) is 0 Å². The number of piperidine rings is 1. The molecule has 94 valence electrons. The second-order valence-electron chi connectivity index (χ2n) is 5.64. The Bertz CT molecular complexity index is 193. The average molecular weight is 224 g/mol. The number of fused-ring (bicyclic) bond motifs is 2. The molecule has 0 aromatic rings. The van der Waals surface area contributed by atoms with E-state index in [1.165, 1.54) is 71.1 Å². The Hall–Kier alpha value is -0.0800. The van der Waals surface area contributed by atoms with Crippen LogP contribution in [0, 0.1) is 5.92 Å². The molecule has 2 heteroatoms. The standard InChI is InChI=1S/C14H28N2/c1-2-8-15-9-4-3-5-10-16-12-13-6-7-14(16)11-13/h13-15H,2-12H2,1H3. The Balaban J connectivity index is 1.43. The molecule has 1 saturated carbocycles. The van der Waals surface area contributed by atoms with Crippen LogP contribution in [0.5, 0.6) is 0 Å². The largest absolute Gasteiger partial charge is 0.317 e. The first kappa shape index (κ1) is 12.4. The van der Waals surface area contributed by atoms with Crippen molar-refractivity contribution in [2.45, 2.75) is 57.9 Å². The summed E-state index contributed by atoms with van der Waals surface area (Å²) in [4.78, 5) is 2.76. The van der Waals surface area contributed by atoms with E-state index < -0.39 is 0 Å². The lowest BCUT2D eigenvalue weighted by Crippen LogP contribution is -2.32. The first-order chi connectivity index (χ1) is 7.90. The highest BCUT2D eigenvalue weighted by Gasteiger charge is 2.36. The maximum atomic E-state index is 3.48. The van der Waals surface area contributed by atoms with Crippen LogP contribution in [-0.2, 0) is 0 Å². The molecule has 1 aliphatic heterocycles. The van der Waals surface area contributed by atoms with Gasteiger partial charge in [0.05, 0.1) is 0 Å². The van der Waals surface area contributed by atoms with Crippen LogP contribution in [0.1, 0.15) is 51.9 Å². The normalized spacial score (nSPS) is 29.1. The molecule has 2 nitrogen and oxygen atoms in total. The monoisotopic (exact) mass is 224 g/mol. The SMILES string of the molecule is CCCNCCCCCN1CC2CCC1C2. The number of nitrogens with zero attached hydrogens (tertiary/aromatic N) is 1. The van der Waals surface area contributed by atoms with Gasteiger partial charge in [-0.1, -0.05) is 13.3 Å². The Labute approximate surface area is 101 Å². The van der Waals surface area contributed by atoms with Gasteiger partial charge in [-0.2, -0.15) is 0 Å². The van der Waals surface area contributed by atoms with Crippen molar-refractivity contribution in [3.63, 3.8) is 0 Å². The van der Waals surface area contributed by atoms with E-state index in [1.807, 2.05) is 0 Å². The van der Waals surface area contributed by atoms with Gasteiger partial charge < -0.3 is 10.2 Å². The molecule has 0 aromatic heterocycles. The highest BCUT2D eigenvalue weighted by molar-refractivity contribution is 4.91. The van der Waals surface area contributed by atoms with Crippen LogP contribution in [0.25, 0.3) is 0 Å². The van der Waals surface area contributed by atoms with Gasteiger partial charge in [0.2, 0.25) is 0 Å². The summed E-state index contributed by atoms with van der Waals surface area (Å²) in [5.41, 5.74) is 0.